The third-order valence-electron chi connectivity index (χ3n) is 6.79. The lowest BCUT2D eigenvalue weighted by atomic mass is 10.1. The summed E-state index contributed by atoms with van der Waals surface area (Å²) >= 11 is 0. The van der Waals surface area contributed by atoms with E-state index in [0.717, 1.165) is 65.2 Å². The first kappa shape index (κ1) is 25.3. The molecule has 1 aliphatic rings. The van der Waals surface area contributed by atoms with E-state index in [1.165, 1.54) is 19.2 Å². The third-order valence-corrected chi connectivity index (χ3v) is 6.79. The highest BCUT2D eigenvalue weighted by atomic mass is 16.5. The molecule has 0 bridgehead atoms. The van der Waals surface area contributed by atoms with Gasteiger partial charge in [0.15, 0.2) is 0 Å². The van der Waals surface area contributed by atoms with Crippen LogP contribution in [0, 0.1) is 11.3 Å². The van der Waals surface area contributed by atoms with Gasteiger partial charge in [0.05, 0.1) is 24.2 Å². The van der Waals surface area contributed by atoms with Crippen molar-refractivity contribution >= 4 is 23.4 Å². The van der Waals surface area contributed by atoms with Gasteiger partial charge in [-0.3, -0.25) is 4.40 Å². The monoisotopic (exact) mass is 511 g/mol. The van der Waals surface area contributed by atoms with Crippen molar-refractivity contribution in [1.82, 2.24) is 29.7 Å². The van der Waals surface area contributed by atoms with Crippen LogP contribution in [0.5, 0.6) is 5.75 Å². The highest BCUT2D eigenvalue weighted by molar-refractivity contribution is 6.37. The number of benzene rings is 1. The van der Waals surface area contributed by atoms with E-state index in [4.69, 9.17) is 10.1 Å². The summed E-state index contributed by atoms with van der Waals surface area (Å²) < 4.78 is 8.04. The summed E-state index contributed by atoms with van der Waals surface area (Å²) in [5.74, 6) is 2.28. The molecule has 1 saturated heterocycles. The number of imidazole rings is 1. The van der Waals surface area contributed by atoms with Gasteiger partial charge < -0.3 is 25.8 Å². The second kappa shape index (κ2) is 11.8. The smallest absolute Gasteiger partial charge is 0.140 e. The Kier molecular flexibility index (Phi) is 7.89. The lowest BCUT2D eigenvalue weighted by Gasteiger charge is -2.12. The van der Waals surface area contributed by atoms with Crippen molar-refractivity contribution in [3.8, 4) is 17.1 Å². The summed E-state index contributed by atoms with van der Waals surface area (Å²) in [6.45, 7) is 3.66. The molecule has 5 rings (SSSR count). The third kappa shape index (κ3) is 5.97. The lowest BCUT2D eigenvalue weighted by Crippen LogP contribution is -2.15. The van der Waals surface area contributed by atoms with Crippen LogP contribution in [0.3, 0.4) is 0 Å². The molecule has 196 valence electrons. The van der Waals surface area contributed by atoms with Crippen LogP contribution >= 0.6 is 0 Å². The number of aromatic nitrogens is 4. The minimum absolute atomic E-state index is 0.580. The summed E-state index contributed by atoms with van der Waals surface area (Å²) in [4.78, 5) is 15.8. The molecular formula is C28H33N9O. The predicted octanol–water partition coefficient (Wildman–Crippen LogP) is 3.70. The second-order valence-electron chi connectivity index (χ2n) is 9.49. The van der Waals surface area contributed by atoms with Crippen molar-refractivity contribution in [3.63, 3.8) is 0 Å². The molecule has 3 N–H and O–H groups in total. The van der Waals surface area contributed by atoms with E-state index >= 15 is 0 Å². The Morgan fingerprint density at radius 3 is 2.82 bits per heavy atom. The number of hydrazone groups is 1. The van der Waals surface area contributed by atoms with Crippen LogP contribution < -0.4 is 15.5 Å². The van der Waals surface area contributed by atoms with Crippen LogP contribution in [0.2, 0.25) is 0 Å². The van der Waals surface area contributed by atoms with E-state index in [0.29, 0.717) is 12.3 Å². The number of hydrogen-bond donors (Lipinski definition) is 3. The van der Waals surface area contributed by atoms with Crippen LogP contribution in [-0.4, -0.2) is 70.0 Å². The molecule has 3 aromatic heterocycles. The molecule has 0 radical (unpaired) electrons. The van der Waals surface area contributed by atoms with Gasteiger partial charge in [-0.2, -0.15) is 5.10 Å². The number of likely N-dealkylation sites (tertiary alicyclic amines) is 1. The van der Waals surface area contributed by atoms with E-state index < -0.39 is 0 Å². The van der Waals surface area contributed by atoms with Crippen molar-refractivity contribution in [2.24, 2.45) is 11.0 Å². The first-order valence-corrected chi connectivity index (χ1v) is 12.8. The Balaban J connectivity index is 1.22. The fourth-order valence-electron chi connectivity index (χ4n) is 4.73. The van der Waals surface area contributed by atoms with E-state index in [-0.39, 0.29) is 0 Å². The normalized spacial score (nSPS) is 16.1. The number of rotatable bonds is 11. The standard InChI is InChI=1S/C28H33N9O/c1-30-35-25(15-29)22-5-3-20(4-6-22)16-31-27-14-24(33-19-34-27)26-17-32-28-13-23(8-11-37(26)28)38-12-9-21-7-10-36(2)18-21/h3-6,8,11,13-15,17,19,21,29-30H,7,9-10,12,16,18H2,1-2H3,(H,31,33,34)/b29-15?,35-25+. The first-order chi connectivity index (χ1) is 18.6. The van der Waals surface area contributed by atoms with E-state index in [1.54, 1.807) is 13.4 Å². The van der Waals surface area contributed by atoms with Gasteiger partial charge in [-0.1, -0.05) is 24.3 Å². The minimum Gasteiger partial charge on any atom is -0.493 e. The van der Waals surface area contributed by atoms with Crippen LogP contribution in [-0.2, 0) is 6.54 Å². The molecule has 1 atom stereocenters. The summed E-state index contributed by atoms with van der Waals surface area (Å²) in [6.07, 6.45) is 8.92. The van der Waals surface area contributed by atoms with Gasteiger partial charge in [0.2, 0.25) is 0 Å². The van der Waals surface area contributed by atoms with Crippen LogP contribution in [0.15, 0.2) is 66.3 Å². The molecule has 10 nitrogen and oxygen atoms in total. The zero-order chi connectivity index (χ0) is 26.3. The van der Waals surface area contributed by atoms with Crippen molar-refractivity contribution in [3.05, 3.63) is 72.3 Å². The number of nitrogens with one attached hydrogen (secondary N) is 3. The number of fused-ring (bicyclic) bond motifs is 1. The first-order valence-electron chi connectivity index (χ1n) is 12.8. The average molecular weight is 512 g/mol. The van der Waals surface area contributed by atoms with E-state index in [1.807, 2.05) is 59.3 Å². The molecule has 4 heterocycles. The Bertz CT molecular complexity index is 1410. The molecule has 0 aliphatic carbocycles. The van der Waals surface area contributed by atoms with E-state index in [9.17, 15) is 0 Å². The highest BCUT2D eigenvalue weighted by Crippen LogP contribution is 2.24. The Morgan fingerprint density at radius 1 is 1.18 bits per heavy atom. The topological polar surface area (TPSA) is 116 Å². The molecular weight excluding hydrogens is 478 g/mol. The van der Waals surface area contributed by atoms with Gasteiger partial charge >= 0.3 is 0 Å². The number of ether oxygens (including phenoxy) is 1. The summed E-state index contributed by atoms with van der Waals surface area (Å²) in [7, 11) is 3.89. The fourth-order valence-corrected chi connectivity index (χ4v) is 4.73. The van der Waals surface area contributed by atoms with Crippen molar-refractivity contribution in [2.45, 2.75) is 19.4 Å². The second-order valence-corrected chi connectivity index (χ2v) is 9.49. The van der Waals surface area contributed by atoms with Crippen molar-refractivity contribution < 1.29 is 4.74 Å². The Labute approximate surface area is 222 Å². The number of nitrogens with zero attached hydrogens (tertiary/aromatic N) is 6. The highest BCUT2D eigenvalue weighted by Gasteiger charge is 2.19. The van der Waals surface area contributed by atoms with Crippen molar-refractivity contribution in [1.29, 1.82) is 5.41 Å². The lowest BCUT2D eigenvalue weighted by molar-refractivity contribution is 0.276. The van der Waals surface area contributed by atoms with Gasteiger partial charge in [0, 0.05) is 50.2 Å². The van der Waals surface area contributed by atoms with Gasteiger partial charge in [-0.15, -0.1) is 0 Å². The molecule has 0 spiro atoms. The van der Waals surface area contributed by atoms with E-state index in [2.05, 4.69) is 42.7 Å². The number of anilines is 1. The maximum absolute atomic E-state index is 7.51. The molecule has 10 heteroatoms. The molecule has 4 aromatic rings. The molecule has 1 fully saturated rings. The molecule has 0 saturated carbocycles. The SMILES string of the molecule is CN/N=C(\C=N)c1ccc(CNc2cc(-c3cnc4cc(OCCC5CCN(C)C5)ccn34)ncn2)cc1. The number of pyridine rings is 1. The molecule has 1 aliphatic heterocycles. The van der Waals surface area contributed by atoms with Crippen LogP contribution in [0.1, 0.15) is 24.0 Å². The van der Waals surface area contributed by atoms with Gasteiger partial charge in [0.25, 0.3) is 0 Å². The van der Waals surface area contributed by atoms with Gasteiger partial charge in [-0.25, -0.2) is 15.0 Å². The zero-order valence-electron chi connectivity index (χ0n) is 21.8. The molecule has 0 amide bonds. The Morgan fingerprint density at radius 2 is 2.05 bits per heavy atom. The predicted molar refractivity (Wildman–Crippen MR) is 150 cm³/mol. The van der Waals surface area contributed by atoms with Crippen LogP contribution in [0.25, 0.3) is 17.0 Å². The maximum atomic E-state index is 7.51. The Hall–Kier alpha value is -4.31. The quantitative estimate of drug-likeness (QED) is 0.208. The maximum Gasteiger partial charge on any atom is 0.140 e. The van der Waals surface area contributed by atoms with Crippen LogP contribution in [0.4, 0.5) is 5.82 Å². The summed E-state index contributed by atoms with van der Waals surface area (Å²) in [6, 6.07) is 13.8. The largest absolute Gasteiger partial charge is 0.493 e. The minimum atomic E-state index is 0.580. The van der Waals surface area contributed by atoms with Gasteiger partial charge in [-0.05, 0) is 44.0 Å². The number of hydrogen-bond acceptors (Lipinski definition) is 9. The molecule has 1 aromatic carbocycles. The summed E-state index contributed by atoms with van der Waals surface area (Å²) in [5, 5.41) is 15.0. The van der Waals surface area contributed by atoms with Crippen molar-refractivity contribution in [2.75, 3.05) is 39.1 Å². The average Bonchev–Trinajstić information content (AvgIpc) is 3.56. The zero-order valence-corrected chi connectivity index (χ0v) is 21.8. The molecule has 1 unspecified atom stereocenters. The molecule has 38 heavy (non-hydrogen) atoms. The fraction of sp³-hybridized carbons (Fsp3) is 0.321. The van der Waals surface area contributed by atoms with Gasteiger partial charge in [0.1, 0.15) is 29.3 Å². The summed E-state index contributed by atoms with van der Waals surface area (Å²) in [5.41, 5.74) is 7.76.